The number of benzene rings is 2. The second-order valence-electron chi connectivity index (χ2n) is 5.56. The number of amides is 2. The van der Waals surface area contributed by atoms with E-state index in [1.807, 2.05) is 26.0 Å². The van der Waals surface area contributed by atoms with Gasteiger partial charge in [-0.2, -0.15) is 0 Å². The Kier molecular flexibility index (Phi) is 6.28. The van der Waals surface area contributed by atoms with Crippen LogP contribution in [0.2, 0.25) is 0 Å². The molecule has 0 saturated heterocycles. The van der Waals surface area contributed by atoms with Crippen molar-refractivity contribution in [3.63, 3.8) is 0 Å². The van der Waals surface area contributed by atoms with E-state index in [0.717, 1.165) is 11.1 Å². The van der Waals surface area contributed by atoms with Crippen molar-refractivity contribution in [2.45, 2.75) is 13.8 Å². The summed E-state index contributed by atoms with van der Waals surface area (Å²) in [5.74, 6) is -1.50. The molecular formula is C19H20N2O4. The van der Waals surface area contributed by atoms with E-state index in [2.05, 4.69) is 10.6 Å². The van der Waals surface area contributed by atoms with Gasteiger partial charge in [-0.05, 0) is 49.2 Å². The number of esters is 1. The summed E-state index contributed by atoms with van der Waals surface area (Å²) in [6.07, 6.45) is 0. The Balaban J connectivity index is 1.73. The van der Waals surface area contributed by atoms with Gasteiger partial charge in [-0.1, -0.05) is 24.3 Å². The maximum absolute atomic E-state index is 11.8. The zero-order valence-corrected chi connectivity index (χ0v) is 14.2. The van der Waals surface area contributed by atoms with E-state index >= 15 is 0 Å². The van der Waals surface area contributed by atoms with Gasteiger partial charge in [0.25, 0.3) is 11.8 Å². The van der Waals surface area contributed by atoms with Gasteiger partial charge in [-0.15, -0.1) is 0 Å². The molecule has 0 aliphatic carbocycles. The molecule has 0 atom stereocenters. The first-order valence-electron chi connectivity index (χ1n) is 7.81. The first-order chi connectivity index (χ1) is 12.0. The minimum atomic E-state index is -0.681. The zero-order chi connectivity index (χ0) is 18.2. The summed E-state index contributed by atoms with van der Waals surface area (Å²) in [7, 11) is 0. The quantitative estimate of drug-likeness (QED) is 0.790. The molecule has 0 fully saturated rings. The van der Waals surface area contributed by atoms with Crippen molar-refractivity contribution in [1.82, 2.24) is 5.32 Å². The highest BCUT2D eigenvalue weighted by Crippen LogP contribution is 2.13. The molecule has 2 amide bonds. The van der Waals surface area contributed by atoms with Crippen molar-refractivity contribution in [2.75, 3.05) is 18.5 Å². The molecule has 2 rings (SSSR count). The molecule has 6 heteroatoms. The Hall–Kier alpha value is -3.15. The van der Waals surface area contributed by atoms with Crippen LogP contribution < -0.4 is 10.6 Å². The Labute approximate surface area is 146 Å². The van der Waals surface area contributed by atoms with Crippen LogP contribution in [0.1, 0.15) is 21.5 Å². The fraction of sp³-hybridized carbons (Fsp3) is 0.211. The minimum Gasteiger partial charge on any atom is -0.454 e. The fourth-order valence-electron chi connectivity index (χ4n) is 2.06. The number of aryl methyl sites for hydroxylation is 2. The molecule has 0 saturated carbocycles. The van der Waals surface area contributed by atoms with E-state index in [1.54, 1.807) is 36.4 Å². The van der Waals surface area contributed by atoms with E-state index in [-0.39, 0.29) is 12.5 Å². The van der Waals surface area contributed by atoms with E-state index in [4.69, 9.17) is 4.74 Å². The summed E-state index contributed by atoms with van der Waals surface area (Å²) in [4.78, 5) is 35.2. The molecule has 2 aromatic carbocycles. The summed E-state index contributed by atoms with van der Waals surface area (Å²) < 4.78 is 4.85. The number of anilines is 1. The molecule has 0 aromatic heterocycles. The van der Waals surface area contributed by atoms with Crippen molar-refractivity contribution >= 4 is 23.5 Å². The topological polar surface area (TPSA) is 84.5 Å². The fourth-order valence-corrected chi connectivity index (χ4v) is 2.06. The number of hydrogen-bond donors (Lipinski definition) is 2. The summed E-state index contributed by atoms with van der Waals surface area (Å²) in [5.41, 5.74) is 3.27. The van der Waals surface area contributed by atoms with Crippen LogP contribution in [-0.4, -0.2) is 30.9 Å². The van der Waals surface area contributed by atoms with Gasteiger partial charge in [-0.25, -0.2) is 0 Å². The molecule has 25 heavy (non-hydrogen) atoms. The standard InChI is InChI=1S/C19H20N2O4/c1-13-8-9-16(10-14(13)2)21-17(22)12-25-18(23)11-20-19(24)15-6-4-3-5-7-15/h3-10H,11-12H2,1-2H3,(H,20,24)(H,21,22). The molecule has 0 aliphatic rings. The Morgan fingerprint density at radius 3 is 2.36 bits per heavy atom. The lowest BCUT2D eigenvalue weighted by atomic mass is 10.1. The van der Waals surface area contributed by atoms with Crippen LogP contribution in [0, 0.1) is 13.8 Å². The van der Waals surface area contributed by atoms with Crippen LogP contribution in [0.25, 0.3) is 0 Å². The van der Waals surface area contributed by atoms with E-state index in [0.29, 0.717) is 11.3 Å². The molecule has 2 N–H and O–H groups in total. The largest absolute Gasteiger partial charge is 0.454 e. The monoisotopic (exact) mass is 340 g/mol. The van der Waals surface area contributed by atoms with E-state index < -0.39 is 18.5 Å². The molecule has 0 heterocycles. The highest BCUT2D eigenvalue weighted by molar-refractivity contribution is 5.96. The molecule has 6 nitrogen and oxygen atoms in total. The SMILES string of the molecule is Cc1ccc(NC(=O)COC(=O)CNC(=O)c2ccccc2)cc1C. The summed E-state index contributed by atoms with van der Waals surface area (Å²) in [6.45, 7) is 3.21. The first kappa shape index (κ1) is 18.2. The lowest BCUT2D eigenvalue weighted by molar-refractivity contribution is -0.146. The maximum atomic E-state index is 11.8. The number of nitrogens with one attached hydrogen (secondary N) is 2. The van der Waals surface area contributed by atoms with Gasteiger partial charge in [0.05, 0.1) is 0 Å². The molecular weight excluding hydrogens is 320 g/mol. The van der Waals surface area contributed by atoms with Crippen molar-refractivity contribution in [3.8, 4) is 0 Å². The Morgan fingerprint density at radius 2 is 1.68 bits per heavy atom. The molecule has 0 radical (unpaired) electrons. The highest BCUT2D eigenvalue weighted by Gasteiger charge is 2.11. The third kappa shape index (κ3) is 5.76. The van der Waals surface area contributed by atoms with E-state index in [1.165, 1.54) is 0 Å². The van der Waals surface area contributed by atoms with Crippen LogP contribution in [0.5, 0.6) is 0 Å². The smallest absolute Gasteiger partial charge is 0.325 e. The molecule has 0 aliphatic heterocycles. The number of rotatable bonds is 6. The highest BCUT2D eigenvalue weighted by atomic mass is 16.5. The predicted molar refractivity (Wildman–Crippen MR) is 94.3 cm³/mol. The molecule has 0 bridgehead atoms. The lowest BCUT2D eigenvalue weighted by Crippen LogP contribution is -2.32. The van der Waals surface area contributed by atoms with Crippen LogP contribution in [-0.2, 0) is 14.3 Å². The zero-order valence-electron chi connectivity index (χ0n) is 14.2. The summed E-state index contributed by atoms with van der Waals surface area (Å²) >= 11 is 0. The number of carbonyl (C=O) groups is 3. The minimum absolute atomic E-state index is 0.301. The number of ether oxygens (including phenoxy) is 1. The molecule has 130 valence electrons. The van der Waals surface area contributed by atoms with Gasteiger partial charge in [0, 0.05) is 11.3 Å². The third-order valence-electron chi connectivity index (χ3n) is 3.58. The van der Waals surface area contributed by atoms with Crippen LogP contribution in [0.15, 0.2) is 48.5 Å². The predicted octanol–water partition coefficient (Wildman–Crippen LogP) is 2.22. The van der Waals surface area contributed by atoms with Gasteiger partial charge < -0.3 is 15.4 Å². The Bertz CT molecular complexity index is 772. The van der Waals surface area contributed by atoms with Crippen LogP contribution in [0.3, 0.4) is 0 Å². The maximum Gasteiger partial charge on any atom is 0.325 e. The Morgan fingerprint density at radius 1 is 0.960 bits per heavy atom. The normalized spacial score (nSPS) is 10.0. The second kappa shape index (κ2) is 8.63. The summed E-state index contributed by atoms with van der Waals surface area (Å²) in [5, 5.41) is 5.09. The number of carbonyl (C=O) groups excluding carboxylic acids is 3. The van der Waals surface area contributed by atoms with Gasteiger partial charge in [0.1, 0.15) is 6.54 Å². The van der Waals surface area contributed by atoms with Gasteiger partial charge in [0.15, 0.2) is 6.61 Å². The van der Waals surface area contributed by atoms with Crippen LogP contribution >= 0.6 is 0 Å². The van der Waals surface area contributed by atoms with Crippen molar-refractivity contribution in [3.05, 3.63) is 65.2 Å². The van der Waals surface area contributed by atoms with Gasteiger partial charge in [0.2, 0.25) is 0 Å². The van der Waals surface area contributed by atoms with E-state index in [9.17, 15) is 14.4 Å². The second-order valence-corrected chi connectivity index (χ2v) is 5.56. The number of hydrogen-bond acceptors (Lipinski definition) is 4. The van der Waals surface area contributed by atoms with Crippen molar-refractivity contribution in [2.24, 2.45) is 0 Å². The third-order valence-corrected chi connectivity index (χ3v) is 3.58. The summed E-state index contributed by atoms with van der Waals surface area (Å²) in [6, 6.07) is 14.0. The molecule has 2 aromatic rings. The van der Waals surface area contributed by atoms with Gasteiger partial charge in [-0.3, -0.25) is 14.4 Å². The average molecular weight is 340 g/mol. The van der Waals surface area contributed by atoms with Crippen molar-refractivity contribution < 1.29 is 19.1 Å². The average Bonchev–Trinajstić information content (AvgIpc) is 2.61. The molecule has 0 unspecified atom stereocenters. The van der Waals surface area contributed by atoms with Gasteiger partial charge >= 0.3 is 5.97 Å². The first-order valence-corrected chi connectivity index (χ1v) is 7.81. The van der Waals surface area contributed by atoms with Crippen LogP contribution in [0.4, 0.5) is 5.69 Å². The van der Waals surface area contributed by atoms with Crippen molar-refractivity contribution in [1.29, 1.82) is 0 Å². The molecule has 0 spiro atoms. The lowest BCUT2D eigenvalue weighted by Gasteiger charge is -2.09.